The molecule has 0 spiro atoms. The highest BCUT2D eigenvalue weighted by Gasteiger charge is 2.46. The minimum Gasteiger partial charge on any atom is -0.494 e. The highest BCUT2D eigenvalue weighted by molar-refractivity contribution is 5.64. The first kappa shape index (κ1) is 15.7. The van der Waals surface area contributed by atoms with E-state index in [1.165, 1.54) is 11.1 Å². The largest absolute Gasteiger partial charge is 0.494 e. The van der Waals surface area contributed by atoms with Crippen molar-refractivity contribution >= 4 is 0 Å². The number of hydrogen-bond acceptors (Lipinski definition) is 3. The van der Waals surface area contributed by atoms with Crippen LogP contribution in [0.1, 0.15) is 25.3 Å². The van der Waals surface area contributed by atoms with Crippen molar-refractivity contribution in [2.24, 2.45) is 5.92 Å². The van der Waals surface area contributed by atoms with E-state index in [2.05, 4.69) is 41.3 Å². The molecule has 0 aromatic heterocycles. The van der Waals surface area contributed by atoms with E-state index >= 15 is 0 Å². The molecule has 2 aromatic carbocycles. The van der Waals surface area contributed by atoms with E-state index in [4.69, 9.17) is 4.74 Å². The lowest BCUT2D eigenvalue weighted by Gasteiger charge is -2.50. The van der Waals surface area contributed by atoms with Gasteiger partial charge in [0.05, 0.1) is 6.61 Å². The van der Waals surface area contributed by atoms with Gasteiger partial charge in [-0.25, -0.2) is 0 Å². The Bertz CT molecular complexity index is 687. The van der Waals surface area contributed by atoms with Gasteiger partial charge in [0.25, 0.3) is 0 Å². The minimum absolute atomic E-state index is 0.402. The van der Waals surface area contributed by atoms with Gasteiger partial charge in [0.2, 0.25) is 0 Å². The lowest BCUT2D eigenvalue weighted by molar-refractivity contribution is -0.117. The van der Waals surface area contributed by atoms with Gasteiger partial charge < -0.3 is 14.7 Å². The first-order chi connectivity index (χ1) is 11.7. The van der Waals surface area contributed by atoms with Crippen molar-refractivity contribution in [2.45, 2.75) is 25.4 Å². The smallest absolute Gasteiger partial charge is 0.119 e. The Labute approximate surface area is 143 Å². The second kappa shape index (κ2) is 6.23. The number of fused-ring (bicyclic) bond motifs is 3. The Morgan fingerprint density at radius 3 is 2.08 bits per heavy atom. The molecule has 3 saturated heterocycles. The Morgan fingerprint density at radius 1 is 1.00 bits per heavy atom. The molecule has 0 aliphatic carbocycles. The molecule has 1 unspecified atom stereocenters. The second-order valence-electron chi connectivity index (χ2n) is 7.01. The van der Waals surface area contributed by atoms with Crippen molar-refractivity contribution < 1.29 is 9.84 Å². The molecule has 3 heteroatoms. The zero-order chi connectivity index (χ0) is 16.6. The van der Waals surface area contributed by atoms with Gasteiger partial charge in [0, 0.05) is 6.54 Å². The number of ether oxygens (including phenoxy) is 1. The van der Waals surface area contributed by atoms with Gasteiger partial charge in [0.1, 0.15) is 11.4 Å². The summed E-state index contributed by atoms with van der Waals surface area (Å²) in [6.45, 7) is 5.73. The van der Waals surface area contributed by atoms with Crippen molar-refractivity contribution in [1.29, 1.82) is 0 Å². The van der Waals surface area contributed by atoms with Gasteiger partial charge >= 0.3 is 0 Å². The maximum atomic E-state index is 11.2. The third-order valence-corrected chi connectivity index (χ3v) is 5.61. The maximum absolute atomic E-state index is 11.2. The summed E-state index contributed by atoms with van der Waals surface area (Å²) in [5.41, 5.74) is 2.73. The van der Waals surface area contributed by atoms with E-state index in [1.54, 1.807) is 0 Å². The van der Waals surface area contributed by atoms with Crippen LogP contribution in [0, 0.1) is 5.92 Å². The molecule has 0 radical (unpaired) electrons. The summed E-state index contributed by atoms with van der Waals surface area (Å²) in [4.78, 5) is 2.39. The quantitative estimate of drug-likeness (QED) is 0.932. The number of hydrogen-bond donors (Lipinski definition) is 1. The summed E-state index contributed by atoms with van der Waals surface area (Å²) in [7, 11) is 0. The molecule has 1 atom stereocenters. The molecule has 3 aliphatic rings. The van der Waals surface area contributed by atoms with Crippen molar-refractivity contribution in [3.8, 4) is 16.9 Å². The number of piperidine rings is 3. The Balaban J connectivity index is 1.56. The van der Waals surface area contributed by atoms with Crippen LogP contribution in [0.15, 0.2) is 48.5 Å². The van der Waals surface area contributed by atoms with Crippen molar-refractivity contribution in [3.63, 3.8) is 0 Å². The fourth-order valence-corrected chi connectivity index (χ4v) is 4.23. The maximum Gasteiger partial charge on any atom is 0.119 e. The Hall–Kier alpha value is -1.84. The monoisotopic (exact) mass is 323 g/mol. The van der Waals surface area contributed by atoms with Gasteiger partial charge in [-0.2, -0.15) is 0 Å². The molecule has 0 amide bonds. The highest BCUT2D eigenvalue weighted by Crippen LogP contribution is 2.42. The summed E-state index contributed by atoms with van der Waals surface area (Å²) in [5, 5.41) is 11.2. The fourth-order valence-electron chi connectivity index (χ4n) is 4.23. The van der Waals surface area contributed by atoms with Crippen LogP contribution in [0.3, 0.4) is 0 Å². The fraction of sp³-hybridized carbons (Fsp3) is 0.429. The Kier molecular flexibility index (Phi) is 4.07. The van der Waals surface area contributed by atoms with Gasteiger partial charge in [-0.05, 0) is 67.6 Å². The lowest BCUT2D eigenvalue weighted by atomic mass is 9.71. The number of rotatable bonds is 4. The molecule has 3 heterocycles. The molecular weight excluding hydrogens is 298 g/mol. The summed E-state index contributed by atoms with van der Waals surface area (Å²) in [6, 6.07) is 16.6. The molecular formula is C21H25NO2. The average molecular weight is 323 g/mol. The van der Waals surface area contributed by atoms with Crippen molar-refractivity contribution in [3.05, 3.63) is 54.1 Å². The van der Waals surface area contributed by atoms with Crippen molar-refractivity contribution in [1.82, 2.24) is 4.90 Å². The molecule has 24 heavy (non-hydrogen) atoms. The molecule has 126 valence electrons. The van der Waals surface area contributed by atoms with Gasteiger partial charge in [-0.3, -0.25) is 0 Å². The summed E-state index contributed by atoms with van der Waals surface area (Å²) in [5.74, 6) is 1.30. The second-order valence-corrected chi connectivity index (χ2v) is 7.01. The minimum atomic E-state index is -0.673. The van der Waals surface area contributed by atoms with Crippen LogP contribution in [0.5, 0.6) is 5.75 Å². The van der Waals surface area contributed by atoms with E-state index in [-0.39, 0.29) is 0 Å². The molecule has 5 rings (SSSR count). The molecule has 2 bridgehead atoms. The number of aliphatic hydroxyl groups is 1. The van der Waals surface area contributed by atoms with Crippen LogP contribution in [0.2, 0.25) is 0 Å². The third kappa shape index (κ3) is 2.72. The standard InChI is InChI=1S/C21H25NO2/c1-2-24-20-9-5-17(6-10-20)16-3-7-18(8-4-16)21(23)15-22-13-11-19(21)12-14-22/h3-10,19,23H,2,11-15H2,1H3. The summed E-state index contributed by atoms with van der Waals surface area (Å²) in [6.07, 6.45) is 2.22. The predicted octanol–water partition coefficient (Wildman–Crippen LogP) is 3.67. The van der Waals surface area contributed by atoms with Crippen LogP contribution in [-0.2, 0) is 5.60 Å². The zero-order valence-electron chi connectivity index (χ0n) is 14.2. The molecule has 3 fully saturated rings. The van der Waals surface area contributed by atoms with E-state index in [0.29, 0.717) is 12.5 Å². The van der Waals surface area contributed by atoms with E-state index in [1.807, 2.05) is 19.1 Å². The number of nitrogens with zero attached hydrogens (tertiary/aromatic N) is 1. The van der Waals surface area contributed by atoms with Gasteiger partial charge in [-0.15, -0.1) is 0 Å². The van der Waals surface area contributed by atoms with Crippen molar-refractivity contribution in [2.75, 3.05) is 26.2 Å². The van der Waals surface area contributed by atoms with E-state index < -0.39 is 5.60 Å². The lowest BCUT2D eigenvalue weighted by Crippen LogP contribution is -2.57. The first-order valence-electron chi connectivity index (χ1n) is 8.97. The normalized spacial score (nSPS) is 28.8. The van der Waals surface area contributed by atoms with Crippen LogP contribution in [0.25, 0.3) is 11.1 Å². The Morgan fingerprint density at radius 2 is 1.58 bits per heavy atom. The SMILES string of the molecule is CCOc1ccc(-c2ccc(C3(O)CN4CCC3CC4)cc2)cc1. The van der Waals surface area contributed by atoms with E-state index in [0.717, 1.165) is 43.8 Å². The predicted molar refractivity (Wildman–Crippen MR) is 96.1 cm³/mol. The van der Waals surface area contributed by atoms with Gasteiger partial charge in [0.15, 0.2) is 0 Å². The van der Waals surface area contributed by atoms with Crippen LogP contribution >= 0.6 is 0 Å². The topological polar surface area (TPSA) is 32.7 Å². The molecule has 3 aliphatic heterocycles. The average Bonchev–Trinajstić information content (AvgIpc) is 2.64. The summed E-state index contributed by atoms with van der Waals surface area (Å²) >= 11 is 0. The number of benzene rings is 2. The van der Waals surface area contributed by atoms with Crippen LogP contribution in [0.4, 0.5) is 0 Å². The summed E-state index contributed by atoms with van der Waals surface area (Å²) < 4.78 is 5.50. The van der Waals surface area contributed by atoms with E-state index in [9.17, 15) is 5.11 Å². The highest BCUT2D eigenvalue weighted by atomic mass is 16.5. The van der Waals surface area contributed by atoms with Gasteiger partial charge in [-0.1, -0.05) is 36.4 Å². The van der Waals surface area contributed by atoms with Crippen LogP contribution in [-0.4, -0.2) is 36.2 Å². The third-order valence-electron chi connectivity index (χ3n) is 5.61. The molecule has 3 nitrogen and oxygen atoms in total. The van der Waals surface area contributed by atoms with Crippen LogP contribution < -0.4 is 4.74 Å². The molecule has 2 aromatic rings. The first-order valence-corrected chi connectivity index (χ1v) is 8.97. The molecule has 0 saturated carbocycles. The zero-order valence-corrected chi connectivity index (χ0v) is 14.2. The molecule has 1 N–H and O–H groups in total.